The number of hydrogen-bond donors (Lipinski definition) is 2. The van der Waals surface area contributed by atoms with E-state index in [1.54, 1.807) is 12.3 Å². The van der Waals surface area contributed by atoms with Crippen LogP contribution in [0.1, 0.15) is 16.3 Å². The number of H-pyrrole nitrogens is 1. The van der Waals surface area contributed by atoms with Crippen molar-refractivity contribution in [3.63, 3.8) is 0 Å². The molecule has 8 heteroatoms. The lowest BCUT2D eigenvalue weighted by Gasteiger charge is -1.98. The second-order valence-electron chi connectivity index (χ2n) is 5.45. The number of aromatic nitrogens is 5. The van der Waals surface area contributed by atoms with Crippen LogP contribution in [0.5, 0.6) is 0 Å². The zero-order valence-corrected chi connectivity index (χ0v) is 13.6. The number of nitrogens with zero attached hydrogens (tertiary/aromatic N) is 4. The minimum absolute atomic E-state index is 0.146. The van der Waals surface area contributed by atoms with Gasteiger partial charge in [0, 0.05) is 11.8 Å². The molecule has 0 bridgehead atoms. The summed E-state index contributed by atoms with van der Waals surface area (Å²) in [6.45, 7) is 0.146. The second kappa shape index (κ2) is 6.98. The lowest BCUT2D eigenvalue weighted by molar-refractivity contribution is 0.0944. The zero-order valence-electron chi connectivity index (χ0n) is 13.6. The van der Waals surface area contributed by atoms with E-state index in [1.807, 2.05) is 48.5 Å². The molecule has 0 radical (unpaired) electrons. The van der Waals surface area contributed by atoms with Gasteiger partial charge in [-0.3, -0.25) is 14.9 Å². The summed E-state index contributed by atoms with van der Waals surface area (Å²) >= 11 is 0. The molecule has 4 rings (SSSR count). The van der Waals surface area contributed by atoms with Crippen LogP contribution in [0.15, 0.2) is 65.3 Å². The van der Waals surface area contributed by atoms with Crippen molar-refractivity contribution >= 4 is 5.91 Å². The minimum Gasteiger partial charge on any atom is -0.343 e. The topological polar surface area (TPSA) is 110 Å². The van der Waals surface area contributed by atoms with Crippen molar-refractivity contribution < 1.29 is 9.32 Å². The maximum atomic E-state index is 12.3. The summed E-state index contributed by atoms with van der Waals surface area (Å²) in [7, 11) is 0. The van der Waals surface area contributed by atoms with E-state index < -0.39 is 0 Å². The monoisotopic (exact) mass is 346 g/mol. The molecule has 3 heterocycles. The van der Waals surface area contributed by atoms with Crippen molar-refractivity contribution in [3.8, 4) is 22.8 Å². The van der Waals surface area contributed by atoms with Gasteiger partial charge in [0.1, 0.15) is 11.4 Å². The normalized spacial score (nSPS) is 10.6. The summed E-state index contributed by atoms with van der Waals surface area (Å²) in [6.07, 6.45) is 1.67. The highest BCUT2D eigenvalue weighted by atomic mass is 16.5. The van der Waals surface area contributed by atoms with Gasteiger partial charge in [-0.1, -0.05) is 29.4 Å². The molecule has 0 spiro atoms. The van der Waals surface area contributed by atoms with Crippen molar-refractivity contribution in [1.29, 1.82) is 0 Å². The smallest absolute Gasteiger partial charge is 0.269 e. The van der Waals surface area contributed by atoms with E-state index >= 15 is 0 Å². The van der Waals surface area contributed by atoms with E-state index in [-0.39, 0.29) is 12.5 Å². The Balaban J connectivity index is 1.40. The second-order valence-corrected chi connectivity index (χ2v) is 5.45. The van der Waals surface area contributed by atoms with Crippen LogP contribution in [0.25, 0.3) is 22.8 Å². The first-order chi connectivity index (χ1) is 12.8. The SMILES string of the molecule is O=C(NCc1noc(-c2ccccc2)n1)c1cc(-c2ccccn2)n[nH]1. The van der Waals surface area contributed by atoms with Gasteiger partial charge in [-0.25, -0.2) is 0 Å². The molecule has 4 aromatic rings. The van der Waals surface area contributed by atoms with Crippen molar-refractivity contribution in [2.24, 2.45) is 0 Å². The molecule has 0 fully saturated rings. The van der Waals surface area contributed by atoms with Gasteiger partial charge in [0.15, 0.2) is 5.82 Å². The maximum Gasteiger partial charge on any atom is 0.269 e. The number of pyridine rings is 1. The summed E-state index contributed by atoms with van der Waals surface area (Å²) < 4.78 is 5.21. The van der Waals surface area contributed by atoms with Gasteiger partial charge in [-0.05, 0) is 30.3 Å². The molecule has 3 aromatic heterocycles. The Morgan fingerprint density at radius 2 is 1.92 bits per heavy atom. The highest BCUT2D eigenvalue weighted by Gasteiger charge is 2.13. The van der Waals surface area contributed by atoms with Gasteiger partial charge in [-0.2, -0.15) is 10.1 Å². The first-order valence-corrected chi connectivity index (χ1v) is 7.92. The number of carbonyl (C=O) groups is 1. The van der Waals surface area contributed by atoms with Gasteiger partial charge in [0.05, 0.1) is 12.2 Å². The molecule has 2 N–H and O–H groups in total. The number of rotatable bonds is 5. The molecular formula is C18H14N6O2. The minimum atomic E-state index is -0.314. The lowest BCUT2D eigenvalue weighted by Crippen LogP contribution is -2.23. The van der Waals surface area contributed by atoms with E-state index in [4.69, 9.17) is 4.52 Å². The number of amides is 1. The number of carbonyl (C=O) groups excluding carboxylic acids is 1. The van der Waals surface area contributed by atoms with Crippen LogP contribution >= 0.6 is 0 Å². The van der Waals surface area contributed by atoms with E-state index in [2.05, 4.69) is 30.6 Å². The molecule has 1 amide bonds. The van der Waals surface area contributed by atoms with Crippen LogP contribution in [0, 0.1) is 0 Å². The molecule has 128 valence electrons. The molecule has 0 atom stereocenters. The van der Waals surface area contributed by atoms with Crippen LogP contribution in [-0.2, 0) is 6.54 Å². The molecule has 0 aliphatic rings. The van der Waals surface area contributed by atoms with Gasteiger partial charge >= 0.3 is 0 Å². The average molecular weight is 346 g/mol. The van der Waals surface area contributed by atoms with Gasteiger partial charge in [0.25, 0.3) is 11.8 Å². The molecule has 8 nitrogen and oxygen atoms in total. The Labute approximate surface area is 148 Å². The van der Waals surface area contributed by atoms with Gasteiger partial charge in [0.2, 0.25) is 0 Å². The number of hydrogen-bond acceptors (Lipinski definition) is 6. The van der Waals surface area contributed by atoms with Crippen LogP contribution in [0.2, 0.25) is 0 Å². The Kier molecular flexibility index (Phi) is 4.21. The zero-order chi connectivity index (χ0) is 17.8. The Hall–Kier alpha value is -3.81. The fraction of sp³-hybridized carbons (Fsp3) is 0.0556. The number of benzene rings is 1. The molecule has 0 saturated carbocycles. The highest BCUT2D eigenvalue weighted by Crippen LogP contribution is 2.16. The van der Waals surface area contributed by atoms with Crippen molar-refractivity contribution in [1.82, 2.24) is 30.6 Å². The summed E-state index contributed by atoms with van der Waals surface area (Å²) in [5.41, 5.74) is 2.44. The molecule has 0 aliphatic carbocycles. The largest absolute Gasteiger partial charge is 0.343 e. The van der Waals surface area contributed by atoms with Crippen LogP contribution in [-0.4, -0.2) is 31.2 Å². The highest BCUT2D eigenvalue weighted by molar-refractivity contribution is 5.93. The Bertz CT molecular complexity index is 1010. The number of aromatic amines is 1. The van der Waals surface area contributed by atoms with Crippen LogP contribution < -0.4 is 5.32 Å². The molecule has 0 aliphatic heterocycles. The average Bonchev–Trinajstić information content (AvgIpc) is 3.37. The fourth-order valence-corrected chi connectivity index (χ4v) is 2.36. The van der Waals surface area contributed by atoms with Crippen molar-refractivity contribution in [3.05, 3.63) is 72.3 Å². The Morgan fingerprint density at radius 1 is 1.08 bits per heavy atom. The third-order valence-electron chi connectivity index (χ3n) is 3.65. The van der Waals surface area contributed by atoms with Gasteiger partial charge < -0.3 is 9.84 Å². The predicted octanol–water partition coefficient (Wildman–Crippen LogP) is 2.45. The summed E-state index contributed by atoms with van der Waals surface area (Å²) in [6, 6.07) is 16.6. The summed E-state index contributed by atoms with van der Waals surface area (Å²) in [5, 5.41) is 13.4. The maximum absolute atomic E-state index is 12.3. The van der Waals surface area contributed by atoms with E-state index in [9.17, 15) is 4.79 Å². The molecule has 1 aromatic carbocycles. The molecule has 0 unspecified atom stereocenters. The Morgan fingerprint density at radius 3 is 2.73 bits per heavy atom. The summed E-state index contributed by atoms with van der Waals surface area (Å²) in [5.74, 6) is 0.487. The third-order valence-corrected chi connectivity index (χ3v) is 3.65. The predicted molar refractivity (Wildman–Crippen MR) is 92.7 cm³/mol. The number of nitrogens with one attached hydrogen (secondary N) is 2. The quantitative estimate of drug-likeness (QED) is 0.574. The molecular weight excluding hydrogens is 332 g/mol. The van der Waals surface area contributed by atoms with Crippen molar-refractivity contribution in [2.45, 2.75) is 6.54 Å². The van der Waals surface area contributed by atoms with E-state index in [0.29, 0.717) is 28.8 Å². The van der Waals surface area contributed by atoms with Crippen LogP contribution in [0.4, 0.5) is 0 Å². The summed E-state index contributed by atoms with van der Waals surface area (Å²) in [4.78, 5) is 20.7. The molecule has 0 saturated heterocycles. The van der Waals surface area contributed by atoms with Crippen LogP contribution in [0.3, 0.4) is 0 Å². The molecule has 26 heavy (non-hydrogen) atoms. The van der Waals surface area contributed by atoms with E-state index in [1.165, 1.54) is 0 Å². The fourth-order valence-electron chi connectivity index (χ4n) is 2.36. The first-order valence-electron chi connectivity index (χ1n) is 7.92. The first kappa shape index (κ1) is 15.7. The van der Waals surface area contributed by atoms with Crippen molar-refractivity contribution in [2.75, 3.05) is 0 Å². The standard InChI is InChI=1S/C18H14N6O2/c25-17(15-10-14(22-23-15)13-8-4-5-9-19-13)20-11-16-21-18(26-24-16)12-6-2-1-3-7-12/h1-10H,11H2,(H,20,25)(H,22,23). The third kappa shape index (κ3) is 3.34. The van der Waals surface area contributed by atoms with E-state index in [0.717, 1.165) is 5.56 Å². The van der Waals surface area contributed by atoms with Gasteiger partial charge in [-0.15, -0.1) is 0 Å². The lowest BCUT2D eigenvalue weighted by atomic mass is 10.2.